The van der Waals surface area contributed by atoms with Crippen LogP contribution in [0.5, 0.6) is 0 Å². The molecule has 2 heterocycles. The maximum atomic E-state index is 6.23. The molecular weight excluding hydrogens is 216 g/mol. The zero-order valence-corrected chi connectivity index (χ0v) is 9.62. The average Bonchev–Trinajstić information content (AvgIpc) is 2.43. The number of aryl methyl sites for hydroxylation is 2. The van der Waals surface area contributed by atoms with E-state index in [9.17, 15) is 0 Å². The largest absolute Gasteiger partial charge is 0.353 e. The number of aliphatic imine (C=N–C) groups is 1. The normalized spacial score (nSPS) is 19.8. The standard InChI is InChI=1S/C10H11ClN2S/c1-6-9(10(11)7(2)14-6)8-3-4-12-5-13-8/h3-5,8H,1-2H3,(H,12,13)/t8-/m0/s1. The fourth-order valence-corrected chi connectivity index (χ4v) is 2.96. The lowest BCUT2D eigenvalue weighted by atomic mass is 10.1. The average molecular weight is 227 g/mol. The Kier molecular flexibility index (Phi) is 2.61. The number of hydrogen-bond donors (Lipinski definition) is 1. The molecule has 14 heavy (non-hydrogen) atoms. The van der Waals surface area contributed by atoms with Crippen LogP contribution >= 0.6 is 22.9 Å². The van der Waals surface area contributed by atoms with Crippen molar-refractivity contribution in [3.63, 3.8) is 0 Å². The number of nitrogens with one attached hydrogen (secondary N) is 1. The van der Waals surface area contributed by atoms with Crippen LogP contribution in [0.3, 0.4) is 0 Å². The first-order valence-electron chi connectivity index (χ1n) is 4.40. The van der Waals surface area contributed by atoms with Crippen LogP contribution < -0.4 is 5.32 Å². The maximum absolute atomic E-state index is 6.23. The van der Waals surface area contributed by atoms with Gasteiger partial charge in [0.1, 0.15) is 0 Å². The molecule has 0 saturated heterocycles. The first kappa shape index (κ1) is 9.74. The molecular formula is C10H11ClN2S. The quantitative estimate of drug-likeness (QED) is 0.782. The fraction of sp³-hybridized carbons (Fsp3) is 0.300. The molecule has 1 N–H and O–H groups in total. The van der Waals surface area contributed by atoms with Crippen LogP contribution in [0, 0.1) is 13.8 Å². The summed E-state index contributed by atoms with van der Waals surface area (Å²) in [4.78, 5) is 6.75. The topological polar surface area (TPSA) is 24.4 Å². The van der Waals surface area contributed by atoms with Gasteiger partial charge >= 0.3 is 0 Å². The molecule has 1 aromatic heterocycles. The van der Waals surface area contributed by atoms with Gasteiger partial charge in [-0.15, -0.1) is 11.3 Å². The molecule has 0 unspecified atom stereocenters. The molecule has 1 aliphatic rings. The molecule has 0 bridgehead atoms. The van der Waals surface area contributed by atoms with E-state index in [0.29, 0.717) is 0 Å². The van der Waals surface area contributed by atoms with E-state index in [1.54, 1.807) is 17.7 Å². The predicted molar refractivity (Wildman–Crippen MR) is 62.3 cm³/mol. The molecule has 1 aromatic rings. The molecule has 0 spiro atoms. The highest BCUT2D eigenvalue weighted by molar-refractivity contribution is 7.12. The summed E-state index contributed by atoms with van der Waals surface area (Å²) in [6, 6.07) is 0.0775. The Balaban J connectivity index is 2.44. The zero-order chi connectivity index (χ0) is 10.1. The minimum Gasteiger partial charge on any atom is -0.353 e. The Morgan fingerprint density at radius 2 is 2.21 bits per heavy atom. The van der Waals surface area contributed by atoms with Crippen LogP contribution in [0.2, 0.25) is 5.02 Å². The highest BCUT2D eigenvalue weighted by Gasteiger charge is 2.18. The number of halogens is 1. The van der Waals surface area contributed by atoms with Gasteiger partial charge in [-0.3, -0.25) is 4.99 Å². The Labute approximate surface area is 92.3 Å². The summed E-state index contributed by atoms with van der Waals surface area (Å²) in [5.74, 6) is 0. The van der Waals surface area contributed by atoms with Crippen molar-refractivity contribution in [2.45, 2.75) is 19.9 Å². The van der Waals surface area contributed by atoms with E-state index in [1.807, 2.05) is 19.2 Å². The summed E-state index contributed by atoms with van der Waals surface area (Å²) in [5.41, 5.74) is 1.14. The second kappa shape index (κ2) is 3.75. The molecule has 4 heteroatoms. The molecule has 1 aliphatic heterocycles. The molecule has 2 nitrogen and oxygen atoms in total. The van der Waals surface area contributed by atoms with E-state index in [2.05, 4.69) is 17.2 Å². The Hall–Kier alpha value is -0.800. The Morgan fingerprint density at radius 1 is 1.43 bits per heavy atom. The molecule has 74 valence electrons. The molecule has 0 aliphatic carbocycles. The third kappa shape index (κ3) is 1.57. The summed E-state index contributed by atoms with van der Waals surface area (Å²) in [6.45, 7) is 4.13. The Morgan fingerprint density at radius 3 is 2.71 bits per heavy atom. The summed E-state index contributed by atoms with van der Waals surface area (Å²) < 4.78 is 0. The minimum absolute atomic E-state index is 0.0775. The van der Waals surface area contributed by atoms with E-state index in [4.69, 9.17) is 11.6 Å². The van der Waals surface area contributed by atoms with Crippen LogP contribution in [-0.4, -0.2) is 6.34 Å². The van der Waals surface area contributed by atoms with Gasteiger partial charge in [0, 0.05) is 21.5 Å². The van der Waals surface area contributed by atoms with Gasteiger partial charge in [0.25, 0.3) is 0 Å². The van der Waals surface area contributed by atoms with Crippen LogP contribution in [-0.2, 0) is 0 Å². The summed E-state index contributed by atoms with van der Waals surface area (Å²) in [6.07, 6.45) is 5.61. The molecule has 0 fully saturated rings. The zero-order valence-electron chi connectivity index (χ0n) is 8.04. The van der Waals surface area contributed by atoms with Crippen molar-refractivity contribution in [2.75, 3.05) is 0 Å². The third-order valence-corrected chi connectivity index (χ3v) is 3.85. The van der Waals surface area contributed by atoms with Gasteiger partial charge in [-0.05, 0) is 19.9 Å². The van der Waals surface area contributed by atoms with Gasteiger partial charge in [0.05, 0.1) is 17.4 Å². The SMILES string of the molecule is Cc1sc(C)c([C@@H]2C=CNC=N2)c1Cl. The molecule has 2 rings (SSSR count). The van der Waals surface area contributed by atoms with Crippen LogP contribution in [0.4, 0.5) is 0 Å². The van der Waals surface area contributed by atoms with Crippen molar-refractivity contribution in [1.29, 1.82) is 0 Å². The lowest BCUT2D eigenvalue weighted by Gasteiger charge is -2.11. The van der Waals surface area contributed by atoms with Crippen molar-refractivity contribution in [1.82, 2.24) is 5.32 Å². The van der Waals surface area contributed by atoms with E-state index in [1.165, 1.54) is 9.75 Å². The minimum atomic E-state index is 0.0775. The first-order valence-corrected chi connectivity index (χ1v) is 5.59. The molecule has 0 amide bonds. The van der Waals surface area contributed by atoms with Crippen LogP contribution in [0.25, 0.3) is 0 Å². The third-order valence-electron chi connectivity index (χ3n) is 2.21. The molecule has 0 radical (unpaired) electrons. The monoisotopic (exact) mass is 226 g/mol. The molecule has 0 aromatic carbocycles. The van der Waals surface area contributed by atoms with Crippen molar-refractivity contribution < 1.29 is 0 Å². The summed E-state index contributed by atoms with van der Waals surface area (Å²) in [5, 5.41) is 3.78. The van der Waals surface area contributed by atoms with Gasteiger partial charge in [0.15, 0.2) is 0 Å². The van der Waals surface area contributed by atoms with Gasteiger partial charge < -0.3 is 5.32 Å². The highest BCUT2D eigenvalue weighted by atomic mass is 35.5. The number of nitrogens with zero attached hydrogens (tertiary/aromatic N) is 1. The summed E-state index contributed by atoms with van der Waals surface area (Å²) >= 11 is 7.96. The van der Waals surface area contributed by atoms with Gasteiger partial charge in [-0.25, -0.2) is 0 Å². The van der Waals surface area contributed by atoms with Crippen LogP contribution in [0.15, 0.2) is 17.3 Å². The lowest BCUT2D eigenvalue weighted by Crippen LogP contribution is -2.08. The highest BCUT2D eigenvalue weighted by Crippen LogP contribution is 2.38. The van der Waals surface area contributed by atoms with Gasteiger partial charge in [-0.1, -0.05) is 11.6 Å². The van der Waals surface area contributed by atoms with Crippen molar-refractivity contribution >= 4 is 29.3 Å². The van der Waals surface area contributed by atoms with Gasteiger partial charge in [-0.2, -0.15) is 0 Å². The van der Waals surface area contributed by atoms with E-state index in [0.717, 1.165) is 10.6 Å². The predicted octanol–water partition coefficient (Wildman–Crippen LogP) is 3.20. The maximum Gasteiger partial charge on any atom is 0.0989 e. The second-order valence-corrected chi connectivity index (χ2v) is 5.00. The van der Waals surface area contributed by atoms with E-state index < -0.39 is 0 Å². The Bertz CT molecular complexity index is 394. The number of rotatable bonds is 1. The fourth-order valence-electron chi connectivity index (χ4n) is 1.55. The first-order chi connectivity index (χ1) is 6.70. The van der Waals surface area contributed by atoms with E-state index in [-0.39, 0.29) is 6.04 Å². The van der Waals surface area contributed by atoms with Crippen molar-refractivity contribution in [3.05, 3.63) is 32.6 Å². The van der Waals surface area contributed by atoms with Gasteiger partial charge in [0.2, 0.25) is 0 Å². The van der Waals surface area contributed by atoms with Crippen molar-refractivity contribution in [2.24, 2.45) is 4.99 Å². The smallest absolute Gasteiger partial charge is 0.0989 e. The molecule has 1 atom stereocenters. The lowest BCUT2D eigenvalue weighted by molar-refractivity contribution is 0.881. The van der Waals surface area contributed by atoms with Crippen LogP contribution in [0.1, 0.15) is 21.4 Å². The summed E-state index contributed by atoms with van der Waals surface area (Å²) in [7, 11) is 0. The second-order valence-electron chi connectivity index (χ2n) is 3.19. The number of hydrogen-bond acceptors (Lipinski definition) is 3. The van der Waals surface area contributed by atoms with Crippen molar-refractivity contribution in [3.8, 4) is 0 Å². The number of thiophene rings is 1. The van der Waals surface area contributed by atoms with E-state index >= 15 is 0 Å². The molecule has 0 saturated carbocycles.